The number of hydrogen-bond acceptors (Lipinski definition) is 6. The zero-order valence-electron chi connectivity index (χ0n) is 12.3. The van der Waals surface area contributed by atoms with E-state index in [-0.39, 0.29) is 6.04 Å². The quantitative estimate of drug-likeness (QED) is 0.120. The number of ketones is 1. The number of rotatable bonds is 6. The van der Waals surface area contributed by atoms with Crippen molar-refractivity contribution >= 4 is 40.6 Å². The predicted octanol–water partition coefficient (Wildman–Crippen LogP) is 3.03. The molecule has 0 unspecified atom stereocenters. The van der Waals surface area contributed by atoms with Crippen LogP contribution in [0.3, 0.4) is 0 Å². The van der Waals surface area contributed by atoms with Crippen molar-refractivity contribution < 1.29 is 23.6 Å². The summed E-state index contributed by atoms with van der Waals surface area (Å²) in [5.41, 5.74) is -1.96. The Kier molecular flexibility index (Phi) is 5.40. The summed E-state index contributed by atoms with van der Waals surface area (Å²) in [6.07, 6.45) is 2.89. The molecule has 1 aliphatic rings. The van der Waals surface area contributed by atoms with Crippen LogP contribution in [0.5, 0.6) is 0 Å². The van der Waals surface area contributed by atoms with Crippen molar-refractivity contribution in [1.29, 1.82) is 0 Å². The molecular weight excluding hydrogens is 366 g/mol. The maximum absolute atomic E-state index is 13.8. The number of nitro groups is 1. The van der Waals surface area contributed by atoms with Gasteiger partial charge in [-0.05, 0) is 18.9 Å². The van der Waals surface area contributed by atoms with E-state index in [1.165, 1.54) is 0 Å². The summed E-state index contributed by atoms with van der Waals surface area (Å²) in [4.78, 5) is 34.3. The molecule has 0 saturated heterocycles. The lowest BCUT2D eigenvalue weighted by Crippen LogP contribution is -2.20. The van der Waals surface area contributed by atoms with Gasteiger partial charge in [0.15, 0.2) is 5.02 Å². The van der Waals surface area contributed by atoms with E-state index in [1.54, 1.807) is 0 Å². The van der Waals surface area contributed by atoms with Crippen LogP contribution in [0.25, 0.3) is 0 Å². The molecule has 0 aliphatic heterocycles. The van der Waals surface area contributed by atoms with Crippen LogP contribution >= 0.6 is 23.2 Å². The molecule has 2 rings (SSSR count). The number of esters is 1. The number of nitrogens with zero attached hydrogens (tertiary/aromatic N) is 1. The van der Waals surface area contributed by atoms with Gasteiger partial charge in [0.25, 0.3) is 0 Å². The van der Waals surface area contributed by atoms with E-state index >= 15 is 0 Å². The molecular formula is C14H11Cl2FN2O5. The number of ether oxygens (including phenoxy) is 1. The van der Waals surface area contributed by atoms with Crippen molar-refractivity contribution in [3.05, 3.63) is 49.4 Å². The Morgan fingerprint density at radius 3 is 2.54 bits per heavy atom. The zero-order valence-corrected chi connectivity index (χ0v) is 13.8. The van der Waals surface area contributed by atoms with Gasteiger partial charge in [0.05, 0.1) is 17.6 Å². The Bertz CT molecular complexity index is 762. The normalized spacial score (nSPS) is 14.2. The van der Waals surface area contributed by atoms with Crippen molar-refractivity contribution in [3.8, 4) is 0 Å². The Morgan fingerprint density at radius 1 is 1.42 bits per heavy atom. The summed E-state index contributed by atoms with van der Waals surface area (Å²) in [6, 6.07) is 0.776. The third-order valence-corrected chi connectivity index (χ3v) is 3.99. The molecule has 1 aromatic rings. The van der Waals surface area contributed by atoms with Gasteiger partial charge in [-0.1, -0.05) is 23.2 Å². The molecule has 0 bridgehead atoms. The average Bonchev–Trinajstić information content (AvgIpc) is 3.34. The lowest BCUT2D eigenvalue weighted by Gasteiger charge is -2.09. The summed E-state index contributed by atoms with van der Waals surface area (Å²) >= 11 is 11.3. The summed E-state index contributed by atoms with van der Waals surface area (Å²) < 4.78 is 18.3. The van der Waals surface area contributed by atoms with Crippen molar-refractivity contribution in [3.63, 3.8) is 0 Å². The van der Waals surface area contributed by atoms with Gasteiger partial charge >= 0.3 is 11.7 Å². The fraction of sp³-hybridized carbons (Fsp3) is 0.286. The van der Waals surface area contributed by atoms with Crippen LogP contribution < -0.4 is 5.32 Å². The van der Waals surface area contributed by atoms with E-state index in [0.717, 1.165) is 26.2 Å². The molecule has 0 radical (unpaired) electrons. The number of nitrogens with one attached hydrogen (secondary N) is 1. The number of carbonyl (C=O) groups excluding carboxylic acids is 2. The summed E-state index contributed by atoms with van der Waals surface area (Å²) in [7, 11) is 1.06. The predicted molar refractivity (Wildman–Crippen MR) is 83.7 cm³/mol. The second-order valence-electron chi connectivity index (χ2n) is 4.96. The molecule has 0 heterocycles. The van der Waals surface area contributed by atoms with Crippen LogP contribution in [0.15, 0.2) is 17.8 Å². The Morgan fingerprint density at radius 2 is 2.04 bits per heavy atom. The van der Waals surface area contributed by atoms with Gasteiger partial charge in [-0.25, -0.2) is 9.18 Å². The number of Topliss-reactive ketones (excluding diaryl/α,β-unsaturated/α-hetero) is 1. The number of hydrogen-bond donors (Lipinski definition) is 1. The highest BCUT2D eigenvalue weighted by Gasteiger charge is 2.31. The third kappa shape index (κ3) is 3.65. The number of nitro benzene ring substituents is 1. The Labute approximate surface area is 145 Å². The first-order valence-electron chi connectivity index (χ1n) is 6.69. The van der Waals surface area contributed by atoms with Gasteiger partial charge in [0.1, 0.15) is 16.4 Å². The highest BCUT2D eigenvalue weighted by molar-refractivity contribution is 6.42. The first-order chi connectivity index (χ1) is 11.3. The molecule has 1 aromatic carbocycles. The number of methoxy groups -OCH3 is 1. The minimum absolute atomic E-state index is 0.129. The molecule has 10 heteroatoms. The van der Waals surface area contributed by atoms with Crippen molar-refractivity contribution in [2.75, 3.05) is 7.11 Å². The maximum Gasteiger partial charge on any atom is 0.343 e. The maximum atomic E-state index is 13.8. The molecule has 0 aromatic heterocycles. The summed E-state index contributed by atoms with van der Waals surface area (Å²) in [5.74, 6) is -3.20. The monoisotopic (exact) mass is 376 g/mol. The molecule has 0 amide bonds. The molecule has 7 nitrogen and oxygen atoms in total. The second-order valence-corrected chi connectivity index (χ2v) is 5.72. The van der Waals surface area contributed by atoms with Gasteiger partial charge in [0.2, 0.25) is 5.78 Å². The average molecular weight is 377 g/mol. The fourth-order valence-electron chi connectivity index (χ4n) is 1.84. The van der Waals surface area contributed by atoms with Gasteiger partial charge in [-0.15, -0.1) is 0 Å². The number of carbonyl (C=O) groups is 2. The van der Waals surface area contributed by atoms with E-state index in [2.05, 4.69) is 10.1 Å². The van der Waals surface area contributed by atoms with E-state index in [0.29, 0.717) is 6.07 Å². The molecule has 1 N–H and O–H groups in total. The van der Waals surface area contributed by atoms with Crippen LogP contribution in [0.2, 0.25) is 10.0 Å². The van der Waals surface area contributed by atoms with Gasteiger partial charge in [-0.2, -0.15) is 0 Å². The first-order valence-corrected chi connectivity index (χ1v) is 7.44. The second kappa shape index (κ2) is 7.14. The lowest BCUT2D eigenvalue weighted by atomic mass is 10.0. The van der Waals surface area contributed by atoms with Crippen LogP contribution in [0.1, 0.15) is 23.2 Å². The van der Waals surface area contributed by atoms with Crippen molar-refractivity contribution in [2.45, 2.75) is 18.9 Å². The molecule has 1 fully saturated rings. The largest absolute Gasteiger partial charge is 0.465 e. The molecule has 128 valence electrons. The topological polar surface area (TPSA) is 98.5 Å². The van der Waals surface area contributed by atoms with Crippen molar-refractivity contribution in [2.24, 2.45) is 0 Å². The molecule has 0 spiro atoms. The molecule has 0 atom stereocenters. The molecule has 1 saturated carbocycles. The van der Waals surface area contributed by atoms with Gasteiger partial charge < -0.3 is 10.1 Å². The SMILES string of the molecule is COC(=O)/C(=C\NC1CC1)C(=O)c1cc(F)c(Cl)c([N+](=O)[O-])c1Cl. The van der Waals surface area contributed by atoms with E-state index < -0.39 is 49.4 Å². The van der Waals surface area contributed by atoms with Gasteiger partial charge in [-0.3, -0.25) is 14.9 Å². The third-order valence-electron chi connectivity index (χ3n) is 3.25. The van der Waals surface area contributed by atoms with Crippen LogP contribution in [-0.2, 0) is 9.53 Å². The number of benzene rings is 1. The summed E-state index contributed by atoms with van der Waals surface area (Å²) in [5, 5.41) is 12.3. The highest BCUT2D eigenvalue weighted by Crippen LogP contribution is 2.38. The lowest BCUT2D eigenvalue weighted by molar-refractivity contribution is -0.384. The van der Waals surface area contributed by atoms with Gasteiger partial charge in [0, 0.05) is 12.2 Å². The fourth-order valence-corrected chi connectivity index (χ4v) is 2.41. The zero-order chi connectivity index (χ0) is 18.0. The van der Waals surface area contributed by atoms with E-state index in [1.807, 2.05) is 0 Å². The van der Waals surface area contributed by atoms with Crippen LogP contribution in [0, 0.1) is 15.9 Å². The highest BCUT2D eigenvalue weighted by atomic mass is 35.5. The molecule has 1 aliphatic carbocycles. The minimum Gasteiger partial charge on any atom is -0.465 e. The molecule has 24 heavy (non-hydrogen) atoms. The minimum atomic E-state index is -1.20. The van der Waals surface area contributed by atoms with Crippen LogP contribution in [0.4, 0.5) is 10.1 Å². The first kappa shape index (κ1) is 18.2. The summed E-state index contributed by atoms with van der Waals surface area (Å²) in [6.45, 7) is 0. The van der Waals surface area contributed by atoms with E-state index in [4.69, 9.17) is 23.2 Å². The number of halogens is 3. The standard InChI is InChI=1S/C14H11Cl2FN2O5/c1-24-14(21)8(5-18-6-2-3-6)13(20)7-4-9(17)11(16)12(10(7)15)19(22)23/h4-6,18H,2-3H2,1H3/b8-5-. The van der Waals surface area contributed by atoms with Crippen LogP contribution in [-0.4, -0.2) is 29.8 Å². The Hall–Kier alpha value is -2.19. The smallest absolute Gasteiger partial charge is 0.343 e. The van der Waals surface area contributed by atoms with E-state index in [9.17, 15) is 24.1 Å². The Balaban J connectivity index is 2.51. The van der Waals surface area contributed by atoms with Crippen molar-refractivity contribution in [1.82, 2.24) is 5.32 Å².